The molecule has 9 nitrogen and oxygen atoms in total. The van der Waals surface area contributed by atoms with E-state index in [-0.39, 0.29) is 6.04 Å². The number of fused-ring (bicyclic) bond motifs is 1. The first-order valence-electron chi connectivity index (χ1n) is 9.56. The minimum Gasteiger partial charge on any atom is -0.480 e. The highest BCUT2D eigenvalue weighted by Gasteiger charge is 2.44. The van der Waals surface area contributed by atoms with Crippen molar-refractivity contribution in [3.63, 3.8) is 0 Å². The van der Waals surface area contributed by atoms with Gasteiger partial charge in [-0.05, 0) is 30.7 Å². The lowest BCUT2D eigenvalue weighted by Gasteiger charge is -2.33. The van der Waals surface area contributed by atoms with Gasteiger partial charge in [-0.3, -0.25) is 9.69 Å². The summed E-state index contributed by atoms with van der Waals surface area (Å²) in [6.07, 6.45) is 1.20. The van der Waals surface area contributed by atoms with E-state index in [4.69, 9.17) is 20.4 Å². The quantitative estimate of drug-likeness (QED) is 0.458. The molecule has 1 aliphatic heterocycles. The van der Waals surface area contributed by atoms with Crippen molar-refractivity contribution in [2.45, 2.75) is 62.9 Å². The van der Waals surface area contributed by atoms with Crippen LogP contribution in [0.1, 0.15) is 37.7 Å². The van der Waals surface area contributed by atoms with E-state index in [1.165, 1.54) is 31.2 Å². The molecule has 160 valence electrons. The molecule has 5 N–H and O–H groups in total. The van der Waals surface area contributed by atoms with Gasteiger partial charge in [0.2, 0.25) is 0 Å². The molecule has 0 aromatic heterocycles. The predicted octanol–water partition coefficient (Wildman–Crippen LogP) is 0.782. The molecule has 1 saturated carbocycles. The molecule has 0 radical (unpaired) electrons. The van der Waals surface area contributed by atoms with Crippen LogP contribution >= 0.6 is 0 Å². The first kappa shape index (κ1) is 22.8. The van der Waals surface area contributed by atoms with Crippen molar-refractivity contribution in [1.82, 2.24) is 4.90 Å². The first-order chi connectivity index (χ1) is 13.7. The van der Waals surface area contributed by atoms with Crippen molar-refractivity contribution in [3.8, 4) is 0 Å². The van der Waals surface area contributed by atoms with E-state index in [9.17, 15) is 19.5 Å². The Kier molecular flexibility index (Phi) is 8.12. The largest absolute Gasteiger partial charge is 0.480 e. The van der Waals surface area contributed by atoms with Gasteiger partial charge >= 0.3 is 17.9 Å². The number of aliphatic hydroxyl groups is 2. The average Bonchev–Trinajstić information content (AvgIpc) is 3.07. The van der Waals surface area contributed by atoms with Crippen LogP contribution < -0.4 is 0 Å². The monoisotopic (exact) mass is 409 g/mol. The number of aliphatic carboxylic acids is 3. The highest BCUT2D eigenvalue weighted by Crippen LogP contribution is 2.40. The van der Waals surface area contributed by atoms with Gasteiger partial charge in [0, 0.05) is 12.6 Å². The number of carboxylic acid groups (broad SMARTS) is 3. The number of carboxylic acids is 3. The van der Waals surface area contributed by atoms with Crippen molar-refractivity contribution in [2.75, 3.05) is 0 Å². The zero-order chi connectivity index (χ0) is 21.6. The van der Waals surface area contributed by atoms with Gasteiger partial charge in [0.05, 0.1) is 0 Å². The summed E-state index contributed by atoms with van der Waals surface area (Å²) in [4.78, 5) is 33.3. The van der Waals surface area contributed by atoms with Crippen LogP contribution in [0.2, 0.25) is 0 Å². The number of rotatable bonds is 6. The maximum absolute atomic E-state index is 11.5. The molecule has 29 heavy (non-hydrogen) atoms. The van der Waals surface area contributed by atoms with Gasteiger partial charge in [0.15, 0.2) is 12.2 Å². The second-order valence-corrected chi connectivity index (χ2v) is 7.43. The molecule has 5 atom stereocenters. The van der Waals surface area contributed by atoms with E-state index >= 15 is 0 Å². The summed E-state index contributed by atoms with van der Waals surface area (Å²) < 4.78 is 0. The molecule has 9 heteroatoms. The number of hydrogen-bond acceptors (Lipinski definition) is 6. The van der Waals surface area contributed by atoms with Crippen LogP contribution in [-0.4, -0.2) is 72.6 Å². The lowest BCUT2D eigenvalue weighted by atomic mass is 9.84. The summed E-state index contributed by atoms with van der Waals surface area (Å²) in [7, 11) is 0. The van der Waals surface area contributed by atoms with E-state index in [2.05, 4.69) is 17.0 Å². The lowest BCUT2D eigenvalue weighted by Crippen LogP contribution is -2.41. The SMILES string of the molecule is O=C(O)C(O)C(O)C(=O)O.O=C(O)C1CC2CCCCC2N1Cc1ccccc1. The summed E-state index contributed by atoms with van der Waals surface area (Å²) >= 11 is 0. The molecule has 3 rings (SSSR count). The highest BCUT2D eigenvalue weighted by molar-refractivity contribution is 5.83. The number of aliphatic hydroxyl groups excluding tert-OH is 2. The van der Waals surface area contributed by atoms with Crippen LogP contribution in [0.15, 0.2) is 30.3 Å². The van der Waals surface area contributed by atoms with E-state index < -0.39 is 30.1 Å². The number of hydrogen-bond donors (Lipinski definition) is 5. The van der Waals surface area contributed by atoms with Crippen molar-refractivity contribution in [1.29, 1.82) is 0 Å². The Morgan fingerprint density at radius 2 is 1.48 bits per heavy atom. The van der Waals surface area contributed by atoms with Gasteiger partial charge in [-0.25, -0.2) is 9.59 Å². The summed E-state index contributed by atoms with van der Waals surface area (Å²) in [5.74, 6) is -3.59. The third kappa shape index (κ3) is 5.99. The van der Waals surface area contributed by atoms with Crippen LogP contribution in [-0.2, 0) is 20.9 Å². The molecule has 5 unspecified atom stereocenters. The second-order valence-electron chi connectivity index (χ2n) is 7.43. The number of nitrogens with zero attached hydrogens (tertiary/aromatic N) is 1. The Bertz CT molecular complexity index is 692. The standard InChI is InChI=1S/C16H21NO2.C4H6O6/c18-16(19)15-10-13-8-4-5-9-14(13)17(15)11-12-6-2-1-3-7-12;5-1(3(7)8)2(6)4(9)10/h1-3,6-7,13-15H,4-5,8-11H2,(H,18,19);1-2,5-6H,(H,7,8)(H,9,10). The molecule has 0 amide bonds. The van der Waals surface area contributed by atoms with E-state index in [1.807, 2.05) is 18.2 Å². The smallest absolute Gasteiger partial charge is 0.335 e. The van der Waals surface area contributed by atoms with Crippen LogP contribution in [0, 0.1) is 5.92 Å². The van der Waals surface area contributed by atoms with Gasteiger partial charge in [-0.15, -0.1) is 0 Å². The number of likely N-dealkylation sites (tertiary alicyclic amines) is 1. The molecule has 1 aromatic rings. The molecular formula is C20H27NO8. The zero-order valence-corrected chi connectivity index (χ0v) is 15.9. The Morgan fingerprint density at radius 3 is 2.00 bits per heavy atom. The Labute approximate surface area is 168 Å². The summed E-state index contributed by atoms with van der Waals surface area (Å²) in [5, 5.41) is 42.0. The zero-order valence-electron chi connectivity index (χ0n) is 15.9. The van der Waals surface area contributed by atoms with Crippen LogP contribution in [0.3, 0.4) is 0 Å². The Hall–Kier alpha value is -2.49. The molecule has 0 bridgehead atoms. The predicted molar refractivity (Wildman–Crippen MR) is 101 cm³/mol. The fraction of sp³-hybridized carbons (Fsp3) is 0.550. The molecule has 1 heterocycles. The third-order valence-electron chi connectivity index (χ3n) is 5.52. The van der Waals surface area contributed by atoms with Crippen molar-refractivity contribution in [3.05, 3.63) is 35.9 Å². The minimum absolute atomic E-state index is 0.284. The van der Waals surface area contributed by atoms with E-state index in [0.29, 0.717) is 12.0 Å². The molecule has 0 spiro atoms. The molecule has 1 aliphatic carbocycles. The third-order valence-corrected chi connectivity index (χ3v) is 5.52. The summed E-state index contributed by atoms with van der Waals surface area (Å²) in [5.41, 5.74) is 1.22. The van der Waals surface area contributed by atoms with Gasteiger partial charge < -0.3 is 25.5 Å². The van der Waals surface area contributed by atoms with Crippen LogP contribution in [0.4, 0.5) is 0 Å². The van der Waals surface area contributed by atoms with Gasteiger partial charge in [0.25, 0.3) is 0 Å². The van der Waals surface area contributed by atoms with Gasteiger partial charge in [0.1, 0.15) is 6.04 Å². The second kappa shape index (κ2) is 10.3. The number of carbonyl (C=O) groups is 3. The highest BCUT2D eigenvalue weighted by atomic mass is 16.4. The first-order valence-corrected chi connectivity index (χ1v) is 9.56. The van der Waals surface area contributed by atoms with Crippen molar-refractivity contribution in [2.24, 2.45) is 5.92 Å². The lowest BCUT2D eigenvalue weighted by molar-refractivity contribution is -0.165. The van der Waals surface area contributed by atoms with Crippen LogP contribution in [0.5, 0.6) is 0 Å². The van der Waals surface area contributed by atoms with E-state index in [0.717, 1.165) is 13.0 Å². The molecule has 1 saturated heterocycles. The Balaban J connectivity index is 0.000000257. The van der Waals surface area contributed by atoms with Crippen LogP contribution in [0.25, 0.3) is 0 Å². The molecule has 2 fully saturated rings. The fourth-order valence-electron chi connectivity index (χ4n) is 4.09. The topological polar surface area (TPSA) is 156 Å². The van der Waals surface area contributed by atoms with Crippen molar-refractivity contribution >= 4 is 17.9 Å². The fourth-order valence-corrected chi connectivity index (χ4v) is 4.09. The molecule has 1 aromatic carbocycles. The normalized spacial score (nSPS) is 25.8. The maximum Gasteiger partial charge on any atom is 0.335 e. The summed E-state index contributed by atoms with van der Waals surface area (Å²) in [6, 6.07) is 10.4. The number of benzene rings is 1. The molecular weight excluding hydrogens is 382 g/mol. The maximum atomic E-state index is 11.5. The Morgan fingerprint density at radius 1 is 0.931 bits per heavy atom. The van der Waals surface area contributed by atoms with Gasteiger partial charge in [-0.2, -0.15) is 0 Å². The minimum atomic E-state index is -2.27. The summed E-state index contributed by atoms with van der Waals surface area (Å²) in [6.45, 7) is 0.777. The van der Waals surface area contributed by atoms with Crippen molar-refractivity contribution < 1.29 is 39.9 Å². The van der Waals surface area contributed by atoms with Gasteiger partial charge in [-0.1, -0.05) is 43.2 Å². The van der Waals surface area contributed by atoms with E-state index in [1.54, 1.807) is 0 Å². The molecule has 2 aliphatic rings. The average molecular weight is 409 g/mol.